The van der Waals surface area contributed by atoms with Gasteiger partial charge in [0.25, 0.3) is 0 Å². The molecule has 0 bridgehead atoms. The summed E-state index contributed by atoms with van der Waals surface area (Å²) in [5, 5.41) is 8.89. The third kappa shape index (κ3) is 4.58. The number of sulfonamides is 1. The van der Waals surface area contributed by atoms with Gasteiger partial charge in [-0.2, -0.15) is 4.31 Å². The number of hydrogen-bond donors (Lipinski definition) is 0. The number of hydrogen-bond acceptors (Lipinski definition) is 7. The van der Waals surface area contributed by atoms with Crippen LogP contribution in [0.25, 0.3) is 11.3 Å². The molecule has 1 saturated heterocycles. The van der Waals surface area contributed by atoms with Gasteiger partial charge in [-0.1, -0.05) is 6.07 Å². The molecule has 2 heterocycles. The van der Waals surface area contributed by atoms with Crippen LogP contribution in [0.1, 0.15) is 16.7 Å². The van der Waals surface area contributed by atoms with E-state index in [4.69, 9.17) is 9.47 Å². The van der Waals surface area contributed by atoms with Gasteiger partial charge in [0, 0.05) is 37.8 Å². The molecule has 0 amide bonds. The van der Waals surface area contributed by atoms with Crippen molar-refractivity contribution in [3.05, 3.63) is 59.2 Å². The Morgan fingerprint density at radius 1 is 0.765 bits per heavy atom. The average molecular weight is 483 g/mol. The minimum absolute atomic E-state index is 0.187. The second kappa shape index (κ2) is 9.60. The molecule has 34 heavy (non-hydrogen) atoms. The van der Waals surface area contributed by atoms with E-state index in [9.17, 15) is 8.42 Å². The second-order valence-corrected chi connectivity index (χ2v) is 10.4. The SMILES string of the molecule is COc1ccc(S(=O)(=O)N2CCN(c3ccc(-c4cc(C)c(C)cc4C)nn3)CC2)cc1OC. The quantitative estimate of drug-likeness (QED) is 0.531. The number of anilines is 1. The van der Waals surface area contributed by atoms with Crippen LogP contribution in [-0.4, -0.2) is 63.3 Å². The van der Waals surface area contributed by atoms with Crippen molar-refractivity contribution >= 4 is 15.8 Å². The fraction of sp³-hybridized carbons (Fsp3) is 0.360. The summed E-state index contributed by atoms with van der Waals surface area (Å²) in [5.41, 5.74) is 5.55. The van der Waals surface area contributed by atoms with Crippen molar-refractivity contribution in [2.75, 3.05) is 45.3 Å². The van der Waals surface area contributed by atoms with Gasteiger partial charge >= 0.3 is 0 Å². The molecule has 0 aliphatic carbocycles. The van der Waals surface area contributed by atoms with Crippen LogP contribution in [0.2, 0.25) is 0 Å². The number of nitrogens with zero attached hydrogens (tertiary/aromatic N) is 4. The first-order chi connectivity index (χ1) is 16.2. The van der Waals surface area contributed by atoms with Crippen LogP contribution in [0.3, 0.4) is 0 Å². The van der Waals surface area contributed by atoms with E-state index >= 15 is 0 Å². The maximum atomic E-state index is 13.2. The van der Waals surface area contributed by atoms with Gasteiger partial charge in [0.1, 0.15) is 0 Å². The molecule has 0 unspecified atom stereocenters. The van der Waals surface area contributed by atoms with Crippen LogP contribution in [0.5, 0.6) is 11.5 Å². The highest BCUT2D eigenvalue weighted by molar-refractivity contribution is 7.89. The lowest BCUT2D eigenvalue weighted by Crippen LogP contribution is -2.49. The molecule has 0 N–H and O–H groups in total. The third-order valence-electron chi connectivity index (χ3n) is 6.32. The van der Waals surface area contributed by atoms with Crippen LogP contribution in [-0.2, 0) is 10.0 Å². The summed E-state index contributed by atoms with van der Waals surface area (Å²) in [6.45, 7) is 8.05. The molecule has 1 aliphatic heterocycles. The predicted molar refractivity (Wildman–Crippen MR) is 132 cm³/mol. The fourth-order valence-electron chi connectivity index (χ4n) is 4.16. The lowest BCUT2D eigenvalue weighted by Gasteiger charge is -2.34. The highest BCUT2D eigenvalue weighted by Crippen LogP contribution is 2.31. The number of aromatic nitrogens is 2. The van der Waals surface area contributed by atoms with Gasteiger partial charge in [-0.25, -0.2) is 8.42 Å². The van der Waals surface area contributed by atoms with Crippen LogP contribution in [0, 0.1) is 20.8 Å². The number of rotatable bonds is 6. The van der Waals surface area contributed by atoms with E-state index in [-0.39, 0.29) is 4.90 Å². The molecule has 0 atom stereocenters. The molecule has 0 saturated carbocycles. The van der Waals surface area contributed by atoms with Crippen molar-refractivity contribution in [1.29, 1.82) is 0 Å². The van der Waals surface area contributed by atoms with Gasteiger partial charge in [-0.3, -0.25) is 0 Å². The van der Waals surface area contributed by atoms with Crippen molar-refractivity contribution in [3.63, 3.8) is 0 Å². The Balaban J connectivity index is 1.46. The highest BCUT2D eigenvalue weighted by Gasteiger charge is 2.30. The number of piperazine rings is 1. The highest BCUT2D eigenvalue weighted by atomic mass is 32.2. The van der Waals surface area contributed by atoms with Gasteiger partial charge in [0.05, 0.1) is 24.8 Å². The number of ether oxygens (including phenoxy) is 2. The van der Waals surface area contributed by atoms with Crippen LogP contribution < -0.4 is 14.4 Å². The van der Waals surface area contributed by atoms with E-state index in [2.05, 4.69) is 48.0 Å². The minimum Gasteiger partial charge on any atom is -0.493 e. The van der Waals surface area contributed by atoms with E-state index in [1.807, 2.05) is 12.1 Å². The predicted octanol–water partition coefficient (Wildman–Crippen LogP) is 3.60. The van der Waals surface area contributed by atoms with Crippen LogP contribution in [0.4, 0.5) is 5.82 Å². The summed E-state index contributed by atoms with van der Waals surface area (Å²) in [6.07, 6.45) is 0. The molecular formula is C25H30N4O4S. The van der Waals surface area contributed by atoms with Gasteiger partial charge in [-0.15, -0.1) is 10.2 Å². The Hall–Kier alpha value is -3.17. The Morgan fingerprint density at radius 3 is 2.06 bits per heavy atom. The summed E-state index contributed by atoms with van der Waals surface area (Å²) in [7, 11) is -0.641. The summed E-state index contributed by atoms with van der Waals surface area (Å²) < 4.78 is 38.3. The minimum atomic E-state index is -3.65. The van der Waals surface area contributed by atoms with Crippen molar-refractivity contribution in [3.8, 4) is 22.8 Å². The molecule has 8 nitrogen and oxygen atoms in total. The molecule has 0 radical (unpaired) electrons. The standard InChI is InChI=1S/C25H30N4O4S/c1-17-14-19(3)21(15-18(17)2)22-7-9-25(27-26-22)28-10-12-29(13-11-28)34(30,31)20-6-8-23(32-4)24(16-20)33-5/h6-9,14-16H,10-13H2,1-5H3. The molecule has 0 spiro atoms. The van der Waals surface area contributed by atoms with Gasteiger partial charge in [0.15, 0.2) is 17.3 Å². The smallest absolute Gasteiger partial charge is 0.243 e. The van der Waals surface area contributed by atoms with E-state index in [0.29, 0.717) is 37.7 Å². The number of methoxy groups -OCH3 is 2. The Bertz CT molecular complexity index is 1290. The fourth-order valence-corrected chi connectivity index (χ4v) is 5.60. The second-order valence-electron chi connectivity index (χ2n) is 8.44. The molecule has 2 aromatic carbocycles. The number of benzene rings is 2. The lowest BCUT2D eigenvalue weighted by atomic mass is 9.99. The molecular weight excluding hydrogens is 452 g/mol. The Kier molecular flexibility index (Phi) is 6.77. The van der Waals surface area contributed by atoms with Gasteiger partial charge < -0.3 is 14.4 Å². The van der Waals surface area contributed by atoms with Gasteiger partial charge in [-0.05, 0) is 67.8 Å². The molecule has 4 rings (SSSR count). The molecule has 180 valence electrons. The summed E-state index contributed by atoms with van der Waals surface area (Å²) in [5.74, 6) is 1.62. The topological polar surface area (TPSA) is 84.9 Å². The van der Waals surface area contributed by atoms with E-state index in [0.717, 1.165) is 17.1 Å². The van der Waals surface area contributed by atoms with Crippen molar-refractivity contribution in [1.82, 2.24) is 14.5 Å². The van der Waals surface area contributed by atoms with Crippen molar-refractivity contribution in [2.24, 2.45) is 0 Å². The molecule has 3 aromatic rings. The summed E-state index contributed by atoms with van der Waals surface area (Å²) in [4.78, 5) is 2.25. The summed E-state index contributed by atoms with van der Waals surface area (Å²) >= 11 is 0. The summed E-state index contributed by atoms with van der Waals surface area (Å²) in [6, 6.07) is 12.9. The third-order valence-corrected chi connectivity index (χ3v) is 8.22. The molecule has 9 heteroatoms. The molecule has 1 aromatic heterocycles. The van der Waals surface area contributed by atoms with Crippen LogP contribution in [0.15, 0.2) is 47.4 Å². The molecule has 1 fully saturated rings. The zero-order chi connectivity index (χ0) is 24.5. The number of aryl methyl sites for hydroxylation is 3. The maximum absolute atomic E-state index is 13.2. The first-order valence-corrected chi connectivity index (χ1v) is 12.6. The zero-order valence-electron chi connectivity index (χ0n) is 20.2. The largest absolute Gasteiger partial charge is 0.493 e. The van der Waals surface area contributed by atoms with Gasteiger partial charge in [0.2, 0.25) is 10.0 Å². The van der Waals surface area contributed by atoms with Crippen molar-refractivity contribution < 1.29 is 17.9 Å². The maximum Gasteiger partial charge on any atom is 0.243 e. The Morgan fingerprint density at radius 2 is 1.44 bits per heavy atom. The molecule has 1 aliphatic rings. The van der Waals surface area contributed by atoms with E-state index in [1.54, 1.807) is 12.1 Å². The first-order valence-electron chi connectivity index (χ1n) is 11.1. The Labute approximate surface area is 201 Å². The normalized spacial score (nSPS) is 14.8. The van der Waals surface area contributed by atoms with Crippen molar-refractivity contribution in [2.45, 2.75) is 25.7 Å². The van der Waals surface area contributed by atoms with Crippen LogP contribution >= 0.6 is 0 Å². The average Bonchev–Trinajstić information content (AvgIpc) is 2.86. The lowest BCUT2D eigenvalue weighted by molar-refractivity contribution is 0.353. The van der Waals surface area contributed by atoms with E-state index < -0.39 is 10.0 Å². The van der Waals surface area contributed by atoms with E-state index in [1.165, 1.54) is 41.3 Å². The first kappa shape index (κ1) is 24.0. The zero-order valence-corrected chi connectivity index (χ0v) is 21.0. The monoisotopic (exact) mass is 482 g/mol.